The fourth-order valence-electron chi connectivity index (χ4n) is 3.45. The number of nitrogens with one attached hydrogen (secondary N) is 1. The van der Waals surface area contributed by atoms with E-state index >= 15 is 0 Å². The molecule has 2 aromatic rings. The summed E-state index contributed by atoms with van der Waals surface area (Å²) in [5, 5.41) is 3.14. The van der Waals surface area contributed by atoms with Crippen LogP contribution in [0.15, 0.2) is 42.5 Å². The van der Waals surface area contributed by atoms with Crippen LogP contribution in [0.2, 0.25) is 0 Å². The van der Waals surface area contributed by atoms with Gasteiger partial charge in [0.25, 0.3) is 0 Å². The lowest BCUT2D eigenvalue weighted by Crippen LogP contribution is -2.31. The zero-order valence-corrected chi connectivity index (χ0v) is 15.1. The molecule has 0 saturated carbocycles. The van der Waals surface area contributed by atoms with Crippen molar-refractivity contribution in [3.05, 3.63) is 65.0 Å². The van der Waals surface area contributed by atoms with E-state index in [1.54, 1.807) is 6.07 Å². The van der Waals surface area contributed by atoms with Crippen molar-refractivity contribution in [2.45, 2.75) is 44.6 Å². The van der Waals surface area contributed by atoms with Gasteiger partial charge in [0.15, 0.2) is 0 Å². The van der Waals surface area contributed by atoms with E-state index in [2.05, 4.69) is 5.32 Å². The van der Waals surface area contributed by atoms with E-state index in [0.717, 1.165) is 30.5 Å². The number of rotatable bonds is 4. The van der Waals surface area contributed by atoms with Gasteiger partial charge in [-0.3, -0.25) is 4.79 Å². The third-order valence-corrected chi connectivity index (χ3v) is 4.73. The van der Waals surface area contributed by atoms with Gasteiger partial charge in [0.2, 0.25) is 5.91 Å². The number of carbonyl (C=O) groups excluding carboxylic acids is 1. The van der Waals surface area contributed by atoms with E-state index in [4.69, 9.17) is 5.73 Å². The van der Waals surface area contributed by atoms with Gasteiger partial charge < -0.3 is 11.1 Å². The SMILES string of the molecule is CC(CC(=O)NC1CCCc2cc(N)ccc21)c1cccc(F)c1.Cl. The number of nitrogen functional groups attached to an aromatic ring is 1. The van der Waals surface area contributed by atoms with E-state index in [9.17, 15) is 9.18 Å². The van der Waals surface area contributed by atoms with Crippen LogP contribution in [-0.2, 0) is 11.2 Å². The quantitative estimate of drug-likeness (QED) is 0.786. The highest BCUT2D eigenvalue weighted by atomic mass is 35.5. The summed E-state index contributed by atoms with van der Waals surface area (Å²) in [6, 6.07) is 12.4. The summed E-state index contributed by atoms with van der Waals surface area (Å²) in [5.74, 6) is -0.282. The molecule has 0 saturated heterocycles. The first-order valence-electron chi connectivity index (χ1n) is 8.46. The lowest BCUT2D eigenvalue weighted by Gasteiger charge is -2.27. The molecule has 3 nitrogen and oxygen atoms in total. The van der Waals surface area contributed by atoms with Gasteiger partial charge in [0.1, 0.15) is 5.82 Å². The number of hydrogen-bond donors (Lipinski definition) is 2. The molecule has 0 spiro atoms. The molecule has 1 aliphatic carbocycles. The maximum absolute atomic E-state index is 13.3. The first-order valence-corrected chi connectivity index (χ1v) is 8.46. The van der Waals surface area contributed by atoms with E-state index < -0.39 is 0 Å². The van der Waals surface area contributed by atoms with Crippen LogP contribution < -0.4 is 11.1 Å². The largest absolute Gasteiger partial charge is 0.399 e. The number of halogens is 2. The van der Waals surface area contributed by atoms with Crippen molar-refractivity contribution in [2.24, 2.45) is 0 Å². The van der Waals surface area contributed by atoms with Crippen molar-refractivity contribution >= 4 is 24.0 Å². The third kappa shape index (κ3) is 4.73. The first-order chi connectivity index (χ1) is 11.5. The van der Waals surface area contributed by atoms with Crippen LogP contribution in [0.3, 0.4) is 0 Å². The van der Waals surface area contributed by atoms with Crippen LogP contribution in [-0.4, -0.2) is 5.91 Å². The predicted octanol–water partition coefficient (Wildman–Crippen LogP) is 4.52. The molecule has 134 valence electrons. The maximum atomic E-state index is 13.3. The molecule has 1 aliphatic rings. The number of nitrogens with two attached hydrogens (primary N) is 1. The molecule has 0 bridgehead atoms. The Morgan fingerprint density at radius 3 is 2.88 bits per heavy atom. The van der Waals surface area contributed by atoms with Gasteiger partial charge in [0.05, 0.1) is 6.04 Å². The molecule has 0 aliphatic heterocycles. The van der Waals surface area contributed by atoms with Gasteiger partial charge in [-0.25, -0.2) is 4.39 Å². The summed E-state index contributed by atoms with van der Waals surface area (Å²) >= 11 is 0. The fourth-order valence-corrected chi connectivity index (χ4v) is 3.45. The molecule has 25 heavy (non-hydrogen) atoms. The molecule has 0 aromatic heterocycles. The summed E-state index contributed by atoms with van der Waals surface area (Å²) in [7, 11) is 0. The minimum absolute atomic E-state index is 0. The Labute approximate surface area is 154 Å². The Kier molecular flexibility index (Phi) is 6.43. The minimum Gasteiger partial charge on any atom is -0.399 e. The van der Waals surface area contributed by atoms with Crippen LogP contribution >= 0.6 is 12.4 Å². The van der Waals surface area contributed by atoms with E-state index in [1.807, 2.05) is 31.2 Å². The van der Waals surface area contributed by atoms with Crippen molar-refractivity contribution in [1.82, 2.24) is 5.32 Å². The van der Waals surface area contributed by atoms with Crippen molar-refractivity contribution < 1.29 is 9.18 Å². The Bertz CT molecular complexity index is 750. The minimum atomic E-state index is -0.265. The van der Waals surface area contributed by atoms with E-state index in [0.29, 0.717) is 6.42 Å². The summed E-state index contributed by atoms with van der Waals surface area (Å²) in [4.78, 5) is 12.4. The molecule has 2 atom stereocenters. The standard InChI is InChI=1S/C20H23FN2O.ClH/c1-13(14-4-2-6-16(21)11-14)10-20(24)23-19-7-3-5-15-12-17(22)8-9-18(15)19;/h2,4,6,8-9,11-13,19H,3,5,7,10,22H2,1H3,(H,23,24);1H. The molecule has 1 amide bonds. The molecular weight excluding hydrogens is 339 g/mol. The first kappa shape index (κ1) is 19.3. The second-order valence-corrected chi connectivity index (χ2v) is 6.63. The second kappa shape index (κ2) is 8.34. The lowest BCUT2D eigenvalue weighted by molar-refractivity contribution is -0.122. The maximum Gasteiger partial charge on any atom is 0.221 e. The highest BCUT2D eigenvalue weighted by molar-refractivity contribution is 5.85. The fraction of sp³-hybridized carbons (Fsp3) is 0.350. The van der Waals surface area contributed by atoms with Crippen LogP contribution in [0.4, 0.5) is 10.1 Å². The van der Waals surface area contributed by atoms with Gasteiger partial charge in [0, 0.05) is 12.1 Å². The smallest absolute Gasteiger partial charge is 0.221 e. The van der Waals surface area contributed by atoms with Gasteiger partial charge in [-0.1, -0.05) is 25.1 Å². The number of amides is 1. The van der Waals surface area contributed by atoms with Gasteiger partial charge >= 0.3 is 0 Å². The van der Waals surface area contributed by atoms with Crippen LogP contribution in [0, 0.1) is 5.82 Å². The zero-order chi connectivity index (χ0) is 17.1. The highest BCUT2D eigenvalue weighted by Gasteiger charge is 2.22. The molecular formula is C20H24ClFN2O. The molecule has 3 rings (SSSR count). The Morgan fingerprint density at radius 1 is 1.32 bits per heavy atom. The molecule has 5 heteroatoms. The van der Waals surface area contributed by atoms with Crippen LogP contribution in [0.1, 0.15) is 54.8 Å². The van der Waals surface area contributed by atoms with Gasteiger partial charge in [-0.2, -0.15) is 0 Å². The number of hydrogen-bond acceptors (Lipinski definition) is 2. The van der Waals surface area contributed by atoms with Gasteiger partial charge in [-0.05, 0) is 66.1 Å². The van der Waals surface area contributed by atoms with Crippen molar-refractivity contribution in [3.8, 4) is 0 Å². The number of benzene rings is 2. The number of anilines is 1. The lowest BCUT2D eigenvalue weighted by atomic mass is 9.87. The van der Waals surface area contributed by atoms with Crippen molar-refractivity contribution in [3.63, 3.8) is 0 Å². The van der Waals surface area contributed by atoms with Gasteiger partial charge in [-0.15, -0.1) is 12.4 Å². The summed E-state index contributed by atoms with van der Waals surface area (Å²) in [6.45, 7) is 1.95. The molecule has 0 heterocycles. The zero-order valence-electron chi connectivity index (χ0n) is 14.3. The Morgan fingerprint density at radius 2 is 2.12 bits per heavy atom. The van der Waals surface area contributed by atoms with Crippen LogP contribution in [0.25, 0.3) is 0 Å². The normalized spacial score (nSPS) is 17.1. The summed E-state index contributed by atoms with van der Waals surface area (Å²) in [5.41, 5.74) is 9.86. The number of aryl methyl sites for hydroxylation is 1. The van der Waals surface area contributed by atoms with E-state index in [-0.39, 0.29) is 36.1 Å². The summed E-state index contributed by atoms with van der Waals surface area (Å²) < 4.78 is 13.3. The topological polar surface area (TPSA) is 55.1 Å². The Balaban J connectivity index is 0.00000225. The molecule has 0 radical (unpaired) electrons. The molecule has 3 N–H and O–H groups in total. The summed E-state index contributed by atoms with van der Waals surface area (Å²) in [6.07, 6.45) is 3.34. The average molecular weight is 363 g/mol. The number of fused-ring (bicyclic) bond motifs is 1. The average Bonchev–Trinajstić information content (AvgIpc) is 2.54. The highest BCUT2D eigenvalue weighted by Crippen LogP contribution is 2.31. The molecule has 2 aromatic carbocycles. The van der Waals surface area contributed by atoms with E-state index in [1.165, 1.54) is 23.3 Å². The number of carbonyl (C=O) groups is 1. The molecule has 2 unspecified atom stereocenters. The monoisotopic (exact) mass is 362 g/mol. The van der Waals surface area contributed by atoms with Crippen molar-refractivity contribution in [2.75, 3.05) is 5.73 Å². The third-order valence-electron chi connectivity index (χ3n) is 4.73. The second-order valence-electron chi connectivity index (χ2n) is 6.63. The van der Waals surface area contributed by atoms with Crippen molar-refractivity contribution in [1.29, 1.82) is 0 Å². The Hall–Kier alpha value is -2.07. The van der Waals surface area contributed by atoms with Crippen LogP contribution in [0.5, 0.6) is 0 Å². The molecule has 0 fully saturated rings. The predicted molar refractivity (Wildman–Crippen MR) is 101 cm³/mol.